The van der Waals surface area contributed by atoms with Gasteiger partial charge >= 0.3 is 0 Å². The van der Waals surface area contributed by atoms with Gasteiger partial charge in [0.15, 0.2) is 17.5 Å². The molecule has 2 aromatic carbocycles. The van der Waals surface area contributed by atoms with Gasteiger partial charge in [0.2, 0.25) is 0 Å². The molecule has 0 aliphatic heterocycles. The molecule has 3 rings (SSSR count). The van der Waals surface area contributed by atoms with Gasteiger partial charge in [-0.3, -0.25) is 4.79 Å². The molecule has 3 aromatic rings. The van der Waals surface area contributed by atoms with Crippen LogP contribution in [-0.2, 0) is 6.73 Å². The number of hydrogen-bond acceptors (Lipinski definition) is 6. The van der Waals surface area contributed by atoms with Crippen molar-refractivity contribution < 1.29 is 18.9 Å². The highest BCUT2D eigenvalue weighted by Crippen LogP contribution is 2.27. The zero-order chi connectivity index (χ0) is 19.2. The third-order valence-electron chi connectivity index (χ3n) is 3.65. The Balaban J connectivity index is 1.70. The number of aromatic nitrogens is 2. The predicted octanol–water partition coefficient (Wildman–Crippen LogP) is 3.74. The maximum Gasteiger partial charge on any atom is 0.292 e. The Bertz CT molecular complexity index is 955. The van der Waals surface area contributed by atoms with Gasteiger partial charge in [-0.2, -0.15) is 9.78 Å². The van der Waals surface area contributed by atoms with E-state index in [9.17, 15) is 4.79 Å². The normalized spacial score (nSPS) is 10.3. The van der Waals surface area contributed by atoms with Gasteiger partial charge in [0.1, 0.15) is 23.0 Å². The number of nitrogens with zero attached hydrogens (tertiary/aromatic N) is 2. The van der Waals surface area contributed by atoms with Gasteiger partial charge in [0, 0.05) is 0 Å². The average molecular weight is 389 g/mol. The summed E-state index contributed by atoms with van der Waals surface area (Å²) < 4.78 is 22.4. The van der Waals surface area contributed by atoms with Crippen LogP contribution < -0.4 is 24.5 Å². The fraction of sp³-hybridized carbons (Fsp3) is 0.158. The summed E-state index contributed by atoms with van der Waals surface area (Å²) in [4.78, 5) is 12.4. The molecule has 8 heteroatoms. The summed E-state index contributed by atoms with van der Waals surface area (Å²) in [5, 5.41) is 3.95. The number of hydrogen-bond donors (Lipinski definition) is 0. The second-order valence-electron chi connectivity index (χ2n) is 5.35. The Morgan fingerprint density at radius 1 is 0.889 bits per heavy atom. The zero-order valence-corrected chi connectivity index (χ0v) is 15.5. The van der Waals surface area contributed by atoms with Crippen LogP contribution in [0.4, 0.5) is 0 Å². The van der Waals surface area contributed by atoms with Crippen LogP contribution in [0.25, 0.3) is 0 Å². The van der Waals surface area contributed by atoms with E-state index in [1.54, 1.807) is 62.8 Å². The third-order valence-corrected chi connectivity index (χ3v) is 4.00. The number of benzene rings is 2. The van der Waals surface area contributed by atoms with Gasteiger partial charge in [-0.1, -0.05) is 11.6 Å². The minimum absolute atomic E-state index is 0.0841. The van der Waals surface area contributed by atoms with E-state index in [2.05, 4.69) is 5.10 Å². The van der Waals surface area contributed by atoms with Crippen molar-refractivity contribution in [3.8, 4) is 28.7 Å². The fourth-order valence-electron chi connectivity index (χ4n) is 2.19. The predicted molar refractivity (Wildman–Crippen MR) is 100 cm³/mol. The first-order valence-corrected chi connectivity index (χ1v) is 8.33. The molecule has 0 saturated carbocycles. The quantitative estimate of drug-likeness (QED) is 0.614. The molecule has 0 saturated heterocycles. The van der Waals surface area contributed by atoms with E-state index in [-0.39, 0.29) is 17.5 Å². The topological polar surface area (TPSA) is 71.8 Å². The lowest BCUT2D eigenvalue weighted by Crippen LogP contribution is -2.25. The van der Waals surface area contributed by atoms with Crippen LogP contribution in [0, 0.1) is 0 Å². The van der Waals surface area contributed by atoms with Crippen LogP contribution in [0.15, 0.2) is 59.5 Å². The Morgan fingerprint density at radius 2 is 1.41 bits per heavy atom. The second kappa shape index (κ2) is 8.46. The van der Waals surface area contributed by atoms with Gasteiger partial charge in [0.25, 0.3) is 5.56 Å². The van der Waals surface area contributed by atoms with Crippen molar-refractivity contribution in [1.82, 2.24) is 9.78 Å². The second-order valence-corrected chi connectivity index (χ2v) is 5.73. The molecule has 0 amide bonds. The molecule has 0 bridgehead atoms. The summed E-state index contributed by atoms with van der Waals surface area (Å²) in [7, 11) is 3.15. The summed E-state index contributed by atoms with van der Waals surface area (Å²) in [6, 6.07) is 13.8. The molecule has 0 N–H and O–H groups in total. The Morgan fingerprint density at radius 3 is 1.96 bits per heavy atom. The van der Waals surface area contributed by atoms with E-state index in [0.717, 1.165) is 4.68 Å². The van der Waals surface area contributed by atoms with Crippen molar-refractivity contribution >= 4 is 11.6 Å². The third kappa shape index (κ3) is 4.51. The maximum atomic E-state index is 12.4. The summed E-state index contributed by atoms with van der Waals surface area (Å²) in [6.07, 6.45) is 1.37. The molecule has 0 aliphatic carbocycles. The minimum atomic E-state index is -0.517. The van der Waals surface area contributed by atoms with E-state index in [0.29, 0.717) is 23.0 Å². The van der Waals surface area contributed by atoms with Crippen molar-refractivity contribution in [2.75, 3.05) is 14.2 Å². The van der Waals surface area contributed by atoms with Gasteiger partial charge < -0.3 is 18.9 Å². The molecule has 0 radical (unpaired) electrons. The van der Waals surface area contributed by atoms with Crippen LogP contribution >= 0.6 is 11.6 Å². The molecule has 0 aliphatic rings. The summed E-state index contributed by atoms with van der Waals surface area (Å²) in [5.41, 5.74) is -0.517. The molecule has 0 atom stereocenters. The standard InChI is InChI=1S/C19H17ClN2O5/c1-24-13-3-7-15(8-4-13)26-12-22-19(23)18(20)17(11-21-22)27-16-9-5-14(25-2)6-10-16/h3-11H,12H2,1-2H3. The van der Waals surface area contributed by atoms with Crippen molar-refractivity contribution in [2.24, 2.45) is 0 Å². The SMILES string of the molecule is COc1ccc(OCn2ncc(Oc3ccc(OC)cc3)c(Cl)c2=O)cc1. The maximum absolute atomic E-state index is 12.4. The van der Waals surface area contributed by atoms with Crippen LogP contribution in [0.3, 0.4) is 0 Å². The van der Waals surface area contributed by atoms with Crippen molar-refractivity contribution in [1.29, 1.82) is 0 Å². The average Bonchev–Trinajstić information content (AvgIpc) is 2.72. The first-order valence-electron chi connectivity index (χ1n) is 7.95. The number of ether oxygens (including phenoxy) is 4. The van der Waals surface area contributed by atoms with Crippen molar-refractivity contribution in [2.45, 2.75) is 6.73 Å². The lowest BCUT2D eigenvalue weighted by molar-refractivity contribution is 0.213. The molecule has 0 unspecified atom stereocenters. The van der Waals surface area contributed by atoms with Crippen molar-refractivity contribution in [3.05, 3.63) is 70.1 Å². The number of halogens is 1. The Hall–Kier alpha value is -3.19. The minimum Gasteiger partial charge on any atom is -0.497 e. The highest BCUT2D eigenvalue weighted by Gasteiger charge is 2.12. The molecule has 27 heavy (non-hydrogen) atoms. The van der Waals surface area contributed by atoms with Crippen LogP contribution in [0.1, 0.15) is 0 Å². The Kier molecular flexibility index (Phi) is 5.83. The lowest BCUT2D eigenvalue weighted by Gasteiger charge is -2.11. The van der Waals surface area contributed by atoms with Gasteiger partial charge in [0.05, 0.1) is 20.4 Å². The molecular formula is C19H17ClN2O5. The highest BCUT2D eigenvalue weighted by atomic mass is 35.5. The van der Waals surface area contributed by atoms with E-state index in [4.69, 9.17) is 30.5 Å². The largest absolute Gasteiger partial charge is 0.497 e. The molecule has 0 spiro atoms. The molecule has 7 nitrogen and oxygen atoms in total. The highest BCUT2D eigenvalue weighted by molar-refractivity contribution is 6.31. The van der Waals surface area contributed by atoms with E-state index >= 15 is 0 Å². The van der Waals surface area contributed by atoms with Crippen LogP contribution in [-0.4, -0.2) is 24.0 Å². The molecule has 140 valence electrons. The first kappa shape index (κ1) is 18.6. The first-order chi connectivity index (χ1) is 13.1. The molecule has 1 aromatic heterocycles. The monoisotopic (exact) mass is 388 g/mol. The number of rotatable bonds is 7. The molecule has 1 heterocycles. The van der Waals surface area contributed by atoms with Crippen LogP contribution in [0.5, 0.6) is 28.7 Å². The summed E-state index contributed by atoms with van der Waals surface area (Å²) in [6.45, 7) is -0.0896. The lowest BCUT2D eigenvalue weighted by atomic mass is 10.3. The zero-order valence-electron chi connectivity index (χ0n) is 14.7. The van der Waals surface area contributed by atoms with Gasteiger partial charge in [-0.25, -0.2) is 0 Å². The van der Waals surface area contributed by atoms with Crippen molar-refractivity contribution in [3.63, 3.8) is 0 Å². The van der Waals surface area contributed by atoms with E-state index in [1.807, 2.05) is 0 Å². The van der Waals surface area contributed by atoms with E-state index < -0.39 is 5.56 Å². The number of methoxy groups -OCH3 is 2. The van der Waals surface area contributed by atoms with Crippen LogP contribution in [0.2, 0.25) is 5.02 Å². The van der Waals surface area contributed by atoms with Gasteiger partial charge in [-0.05, 0) is 48.5 Å². The smallest absolute Gasteiger partial charge is 0.292 e. The molecular weight excluding hydrogens is 372 g/mol. The van der Waals surface area contributed by atoms with Gasteiger partial charge in [-0.15, -0.1) is 0 Å². The summed E-state index contributed by atoms with van der Waals surface area (Å²) in [5.74, 6) is 2.64. The van der Waals surface area contributed by atoms with E-state index in [1.165, 1.54) is 6.20 Å². The molecule has 0 fully saturated rings. The Labute approximate surface area is 160 Å². The summed E-state index contributed by atoms with van der Waals surface area (Å²) >= 11 is 6.13. The fourth-order valence-corrected chi connectivity index (χ4v) is 2.38.